The summed E-state index contributed by atoms with van der Waals surface area (Å²) < 4.78 is 12.8. The van der Waals surface area contributed by atoms with Crippen LogP contribution < -0.4 is 11.1 Å². The number of aromatic hydroxyl groups is 2. The van der Waals surface area contributed by atoms with Crippen molar-refractivity contribution in [3.05, 3.63) is 35.6 Å². The minimum atomic E-state index is -0.395. The molecule has 6 N–H and O–H groups in total. The van der Waals surface area contributed by atoms with Crippen LogP contribution in [0.5, 0.6) is 11.8 Å². The third-order valence-electron chi connectivity index (χ3n) is 2.36. The van der Waals surface area contributed by atoms with Crippen LogP contribution in [0, 0.1) is 5.82 Å². The molecule has 0 atom stereocenters. The Balaban J connectivity index is 2.10. The van der Waals surface area contributed by atoms with E-state index in [9.17, 15) is 9.50 Å². The van der Waals surface area contributed by atoms with Crippen molar-refractivity contribution in [3.8, 4) is 11.8 Å². The highest BCUT2D eigenvalue weighted by Crippen LogP contribution is 2.27. The van der Waals surface area contributed by atoms with Crippen LogP contribution in [0.1, 0.15) is 5.56 Å². The molecule has 1 heterocycles. The fourth-order valence-electron chi connectivity index (χ4n) is 1.48. The lowest BCUT2D eigenvalue weighted by atomic mass is 10.2. The first-order chi connectivity index (χ1) is 8.06. The van der Waals surface area contributed by atoms with E-state index in [0.717, 1.165) is 0 Å². The van der Waals surface area contributed by atoms with Crippen molar-refractivity contribution in [1.29, 1.82) is 0 Å². The van der Waals surface area contributed by atoms with Crippen LogP contribution in [0.25, 0.3) is 0 Å². The second-order valence-electron chi connectivity index (χ2n) is 3.61. The van der Waals surface area contributed by atoms with E-state index in [2.05, 4.69) is 10.3 Å². The Kier molecular flexibility index (Phi) is 2.78. The van der Waals surface area contributed by atoms with Gasteiger partial charge in [-0.05, 0) is 17.7 Å². The molecule has 0 fully saturated rings. The number of rotatable bonds is 3. The Bertz CT molecular complexity index is 540. The number of aromatic nitrogens is 1. The normalized spacial score (nSPS) is 10.4. The summed E-state index contributed by atoms with van der Waals surface area (Å²) >= 11 is 0. The lowest BCUT2D eigenvalue weighted by Crippen LogP contribution is -2.02. The molecule has 90 valence electrons. The van der Waals surface area contributed by atoms with Crippen LogP contribution in [0.2, 0.25) is 0 Å². The van der Waals surface area contributed by atoms with Gasteiger partial charge < -0.3 is 21.3 Å². The van der Waals surface area contributed by atoms with Crippen molar-refractivity contribution in [2.24, 2.45) is 0 Å². The zero-order valence-corrected chi connectivity index (χ0v) is 8.87. The molecular formula is C11H12FN3O2. The van der Waals surface area contributed by atoms with Crippen molar-refractivity contribution < 1.29 is 14.6 Å². The fourth-order valence-corrected chi connectivity index (χ4v) is 1.48. The summed E-state index contributed by atoms with van der Waals surface area (Å²) in [5.41, 5.74) is 7.01. The molecule has 1 aromatic carbocycles. The summed E-state index contributed by atoms with van der Waals surface area (Å²) in [5, 5.41) is 21.3. The first kappa shape index (κ1) is 11.1. The number of halogens is 1. The predicted octanol–water partition coefficient (Wildman–Crippen LogP) is 1.76. The average molecular weight is 237 g/mol. The first-order valence-electron chi connectivity index (χ1n) is 4.95. The molecule has 0 saturated carbocycles. The molecule has 0 aliphatic heterocycles. The number of anilines is 2. The molecular weight excluding hydrogens is 225 g/mol. The van der Waals surface area contributed by atoms with Crippen molar-refractivity contribution in [2.45, 2.75) is 6.54 Å². The quantitative estimate of drug-likeness (QED) is 0.526. The van der Waals surface area contributed by atoms with Gasteiger partial charge in [0.1, 0.15) is 11.5 Å². The smallest absolute Gasteiger partial charge is 0.215 e. The van der Waals surface area contributed by atoms with Crippen LogP contribution in [-0.4, -0.2) is 15.2 Å². The van der Waals surface area contributed by atoms with E-state index in [1.165, 1.54) is 18.2 Å². The number of H-pyrrole nitrogens is 1. The lowest BCUT2D eigenvalue weighted by molar-refractivity contribution is 0.426. The Hall–Kier alpha value is -2.37. The molecule has 0 radical (unpaired) electrons. The molecule has 17 heavy (non-hydrogen) atoms. The number of benzene rings is 1. The van der Waals surface area contributed by atoms with Gasteiger partial charge >= 0.3 is 0 Å². The van der Waals surface area contributed by atoms with Gasteiger partial charge in [-0.3, -0.25) is 4.98 Å². The number of nitrogens with one attached hydrogen (secondary N) is 2. The van der Waals surface area contributed by atoms with Crippen LogP contribution in [0.15, 0.2) is 24.3 Å². The minimum Gasteiger partial charge on any atom is -0.494 e. The van der Waals surface area contributed by atoms with Crippen molar-refractivity contribution in [1.82, 2.24) is 4.98 Å². The maximum absolute atomic E-state index is 12.8. The van der Waals surface area contributed by atoms with Crippen LogP contribution in [0.4, 0.5) is 15.8 Å². The van der Waals surface area contributed by atoms with Gasteiger partial charge in [0.2, 0.25) is 5.88 Å². The van der Waals surface area contributed by atoms with E-state index in [1.54, 1.807) is 6.07 Å². The zero-order valence-electron chi connectivity index (χ0n) is 8.87. The van der Waals surface area contributed by atoms with E-state index in [-0.39, 0.29) is 11.8 Å². The minimum absolute atomic E-state index is 0.142. The van der Waals surface area contributed by atoms with Gasteiger partial charge in [-0.15, -0.1) is 0 Å². The monoisotopic (exact) mass is 237 g/mol. The van der Waals surface area contributed by atoms with Crippen LogP contribution in [0.3, 0.4) is 0 Å². The van der Waals surface area contributed by atoms with Gasteiger partial charge in [0, 0.05) is 18.3 Å². The summed E-state index contributed by atoms with van der Waals surface area (Å²) in [5.74, 6) is -0.700. The molecule has 2 aromatic rings. The third kappa shape index (κ3) is 2.41. The van der Waals surface area contributed by atoms with Crippen LogP contribution >= 0.6 is 0 Å². The van der Waals surface area contributed by atoms with Gasteiger partial charge in [0.15, 0.2) is 5.88 Å². The van der Waals surface area contributed by atoms with E-state index in [0.29, 0.717) is 23.5 Å². The standard InChI is InChI=1S/C11H12FN3O2/c12-7-2-1-6(8(13)3-7)5-14-9-4-10(16)15-11(9)17/h1-4,14-17H,5,13H2. The Morgan fingerprint density at radius 3 is 2.65 bits per heavy atom. The first-order valence-corrected chi connectivity index (χ1v) is 4.95. The Morgan fingerprint density at radius 2 is 2.06 bits per heavy atom. The molecule has 5 nitrogen and oxygen atoms in total. The predicted molar refractivity (Wildman–Crippen MR) is 62.3 cm³/mol. The molecule has 0 aliphatic rings. The second-order valence-corrected chi connectivity index (χ2v) is 3.61. The number of hydrogen-bond donors (Lipinski definition) is 5. The van der Waals surface area contributed by atoms with Crippen LogP contribution in [-0.2, 0) is 6.54 Å². The molecule has 6 heteroatoms. The summed E-state index contributed by atoms with van der Waals surface area (Å²) in [4.78, 5) is 2.32. The zero-order chi connectivity index (χ0) is 12.4. The molecule has 1 aromatic heterocycles. The summed E-state index contributed by atoms with van der Waals surface area (Å²) in [6.07, 6.45) is 0. The Morgan fingerprint density at radius 1 is 1.29 bits per heavy atom. The van der Waals surface area contributed by atoms with E-state index >= 15 is 0 Å². The third-order valence-corrected chi connectivity index (χ3v) is 2.36. The number of aromatic amines is 1. The highest BCUT2D eigenvalue weighted by molar-refractivity contribution is 5.57. The van der Waals surface area contributed by atoms with Gasteiger partial charge in [-0.2, -0.15) is 0 Å². The molecule has 0 spiro atoms. The lowest BCUT2D eigenvalue weighted by Gasteiger charge is -2.07. The number of hydrogen-bond acceptors (Lipinski definition) is 4. The van der Waals surface area contributed by atoms with Crippen molar-refractivity contribution in [2.75, 3.05) is 11.1 Å². The van der Waals surface area contributed by atoms with E-state index in [1.807, 2.05) is 0 Å². The fraction of sp³-hybridized carbons (Fsp3) is 0.0909. The van der Waals surface area contributed by atoms with Gasteiger partial charge in [0.05, 0.1) is 0 Å². The highest BCUT2D eigenvalue weighted by atomic mass is 19.1. The van der Waals surface area contributed by atoms with Gasteiger partial charge in [-0.25, -0.2) is 4.39 Å². The molecule has 0 bridgehead atoms. The van der Waals surface area contributed by atoms with Crippen molar-refractivity contribution in [3.63, 3.8) is 0 Å². The topological polar surface area (TPSA) is 94.3 Å². The molecule has 0 saturated heterocycles. The summed E-state index contributed by atoms with van der Waals surface area (Å²) in [7, 11) is 0. The van der Waals surface area contributed by atoms with Gasteiger partial charge in [0.25, 0.3) is 0 Å². The molecule has 0 amide bonds. The van der Waals surface area contributed by atoms with E-state index < -0.39 is 5.82 Å². The SMILES string of the molecule is Nc1cc(F)ccc1CNc1cc(O)[nH]c1O. The number of nitrogens with two attached hydrogens (primary N) is 1. The largest absolute Gasteiger partial charge is 0.494 e. The maximum atomic E-state index is 12.8. The highest BCUT2D eigenvalue weighted by Gasteiger charge is 2.07. The van der Waals surface area contributed by atoms with Crippen molar-refractivity contribution >= 4 is 11.4 Å². The molecule has 0 unspecified atom stereocenters. The Labute approximate surface area is 96.7 Å². The molecule has 0 aliphatic carbocycles. The number of nitrogen functional groups attached to an aromatic ring is 1. The second kappa shape index (κ2) is 4.25. The summed E-state index contributed by atoms with van der Waals surface area (Å²) in [6, 6.07) is 5.43. The van der Waals surface area contributed by atoms with Gasteiger partial charge in [-0.1, -0.05) is 6.07 Å². The average Bonchev–Trinajstić information content (AvgIpc) is 2.56. The summed E-state index contributed by atoms with van der Waals surface area (Å²) in [6.45, 7) is 0.316. The van der Waals surface area contributed by atoms with E-state index in [4.69, 9.17) is 10.8 Å². The molecule has 2 rings (SSSR count). The maximum Gasteiger partial charge on any atom is 0.215 e.